The molecular weight excluding hydrogens is 218 g/mol. The van der Waals surface area contributed by atoms with Gasteiger partial charge in [-0.3, -0.25) is 4.79 Å². The number of ether oxygens (including phenoxy) is 1. The molecule has 0 aromatic heterocycles. The smallest absolute Gasteiger partial charge is 0.272 e. The van der Waals surface area contributed by atoms with Crippen LogP contribution in [0.15, 0.2) is 41.4 Å². The zero-order chi connectivity index (χ0) is 12.7. The first-order valence-electron chi connectivity index (χ1n) is 5.39. The summed E-state index contributed by atoms with van der Waals surface area (Å²) in [5.41, 5.74) is 9.65. The molecule has 0 fully saturated rings. The van der Waals surface area contributed by atoms with Gasteiger partial charge in [0.25, 0.3) is 5.91 Å². The summed E-state index contributed by atoms with van der Waals surface area (Å²) in [6.45, 7) is 2.46. The van der Waals surface area contributed by atoms with Crippen molar-refractivity contribution in [3.8, 4) is 0 Å². The van der Waals surface area contributed by atoms with Gasteiger partial charge in [0.05, 0.1) is 0 Å². The Balaban J connectivity index is 2.77. The predicted molar refractivity (Wildman–Crippen MR) is 67.2 cm³/mol. The monoisotopic (exact) mass is 235 g/mol. The Morgan fingerprint density at radius 1 is 1.53 bits per heavy atom. The first kappa shape index (κ1) is 13.2. The largest absolute Gasteiger partial charge is 0.370 e. The van der Waals surface area contributed by atoms with Gasteiger partial charge in [-0.25, -0.2) is 0 Å². The predicted octanol–water partition coefficient (Wildman–Crippen LogP) is 0.634. The fraction of sp³-hybridized carbons (Fsp3) is 0.333. The summed E-state index contributed by atoms with van der Waals surface area (Å²) in [4.78, 5) is 14.7. The first-order chi connectivity index (χ1) is 8.08. The number of allylic oxidation sites excluding steroid dienone is 2. The van der Waals surface area contributed by atoms with Crippen molar-refractivity contribution in [3.63, 3.8) is 0 Å². The van der Waals surface area contributed by atoms with Crippen molar-refractivity contribution in [1.29, 1.82) is 0 Å². The van der Waals surface area contributed by atoms with Crippen molar-refractivity contribution in [1.82, 2.24) is 0 Å². The molecule has 5 nitrogen and oxygen atoms in total. The summed E-state index contributed by atoms with van der Waals surface area (Å²) in [6, 6.07) is 0. The summed E-state index contributed by atoms with van der Waals surface area (Å²) in [5.74, 6) is -0.740. The lowest BCUT2D eigenvalue weighted by molar-refractivity contribution is -0.113. The summed E-state index contributed by atoms with van der Waals surface area (Å²) >= 11 is 0. The molecule has 0 radical (unpaired) electrons. The molecule has 0 aromatic rings. The van der Waals surface area contributed by atoms with Gasteiger partial charge < -0.3 is 16.2 Å². The second kappa shape index (κ2) is 6.00. The van der Waals surface area contributed by atoms with E-state index in [0.29, 0.717) is 13.0 Å². The van der Waals surface area contributed by atoms with Crippen LogP contribution in [0.5, 0.6) is 0 Å². The molecule has 17 heavy (non-hydrogen) atoms. The van der Waals surface area contributed by atoms with E-state index in [2.05, 4.69) is 4.99 Å². The maximum Gasteiger partial charge on any atom is 0.272 e. The standard InChI is InChI=1S/C12H17N3O2/c1-2-17-12(7-4-3-5-8-12)9-6-10(16)15-11(13)14/h3-7,9H,2,8H2,1H3,(H4,13,14,15,16). The Kier molecular flexibility index (Phi) is 4.66. The zero-order valence-corrected chi connectivity index (χ0v) is 9.80. The summed E-state index contributed by atoms with van der Waals surface area (Å²) in [7, 11) is 0. The summed E-state index contributed by atoms with van der Waals surface area (Å²) < 4.78 is 5.64. The Hall–Kier alpha value is -1.88. The highest BCUT2D eigenvalue weighted by atomic mass is 16.5. The highest BCUT2D eigenvalue weighted by Gasteiger charge is 2.24. The molecule has 1 aliphatic carbocycles. The van der Waals surface area contributed by atoms with Crippen LogP contribution in [0.25, 0.3) is 0 Å². The zero-order valence-electron chi connectivity index (χ0n) is 9.80. The minimum Gasteiger partial charge on any atom is -0.370 e. The molecule has 0 heterocycles. The molecule has 1 amide bonds. The minimum atomic E-state index is -0.571. The van der Waals surface area contributed by atoms with Gasteiger partial charge in [0.15, 0.2) is 5.96 Å². The molecule has 1 unspecified atom stereocenters. The van der Waals surface area contributed by atoms with E-state index in [9.17, 15) is 4.79 Å². The Labute approximate surface area is 101 Å². The lowest BCUT2D eigenvalue weighted by Crippen LogP contribution is -2.28. The van der Waals surface area contributed by atoms with Gasteiger partial charge in [-0.1, -0.05) is 18.2 Å². The number of amides is 1. The Morgan fingerprint density at radius 3 is 2.82 bits per heavy atom. The molecular formula is C12H17N3O2. The van der Waals surface area contributed by atoms with Crippen LogP contribution in [0.3, 0.4) is 0 Å². The number of nitrogens with two attached hydrogens (primary N) is 2. The van der Waals surface area contributed by atoms with E-state index < -0.39 is 11.5 Å². The van der Waals surface area contributed by atoms with Crippen LogP contribution in [-0.4, -0.2) is 24.1 Å². The fourth-order valence-corrected chi connectivity index (χ4v) is 1.54. The van der Waals surface area contributed by atoms with E-state index in [1.807, 2.05) is 31.2 Å². The average molecular weight is 235 g/mol. The van der Waals surface area contributed by atoms with Crippen LogP contribution in [0.4, 0.5) is 0 Å². The van der Waals surface area contributed by atoms with E-state index in [-0.39, 0.29) is 5.96 Å². The number of nitrogens with zero attached hydrogens (tertiary/aromatic N) is 1. The van der Waals surface area contributed by atoms with Gasteiger partial charge in [0.1, 0.15) is 5.60 Å². The van der Waals surface area contributed by atoms with Gasteiger partial charge >= 0.3 is 0 Å². The third-order valence-electron chi connectivity index (χ3n) is 2.22. The van der Waals surface area contributed by atoms with Gasteiger partial charge in [-0.2, -0.15) is 4.99 Å². The lowest BCUT2D eigenvalue weighted by Gasteiger charge is -2.27. The van der Waals surface area contributed by atoms with E-state index >= 15 is 0 Å². The minimum absolute atomic E-state index is 0.246. The number of hydrogen-bond donors (Lipinski definition) is 2. The van der Waals surface area contributed by atoms with Crippen LogP contribution in [0, 0.1) is 0 Å². The second-order valence-corrected chi connectivity index (χ2v) is 3.59. The molecule has 1 aliphatic rings. The molecule has 0 spiro atoms. The molecule has 92 valence electrons. The highest BCUT2D eigenvalue weighted by Crippen LogP contribution is 2.24. The molecule has 4 N–H and O–H groups in total. The topological polar surface area (TPSA) is 90.7 Å². The Morgan fingerprint density at radius 2 is 2.29 bits per heavy atom. The van der Waals surface area contributed by atoms with Crippen molar-refractivity contribution in [2.45, 2.75) is 18.9 Å². The van der Waals surface area contributed by atoms with E-state index in [0.717, 1.165) is 0 Å². The second-order valence-electron chi connectivity index (χ2n) is 3.59. The van der Waals surface area contributed by atoms with Crippen molar-refractivity contribution in [2.24, 2.45) is 16.5 Å². The molecule has 1 atom stereocenters. The molecule has 0 saturated carbocycles. The van der Waals surface area contributed by atoms with Crippen molar-refractivity contribution >= 4 is 11.9 Å². The summed E-state index contributed by atoms with van der Waals surface area (Å²) in [5, 5.41) is 0. The maximum atomic E-state index is 11.3. The van der Waals surface area contributed by atoms with Gasteiger partial charge in [-0.15, -0.1) is 0 Å². The van der Waals surface area contributed by atoms with Crippen LogP contribution >= 0.6 is 0 Å². The third-order valence-corrected chi connectivity index (χ3v) is 2.22. The quantitative estimate of drug-likeness (QED) is 0.425. The SMILES string of the molecule is CCOC1(C=CC(=O)N=C(N)N)C=CC=CC1. The number of carbonyl (C=O) groups excluding carboxylic acids is 1. The lowest BCUT2D eigenvalue weighted by atomic mass is 9.94. The van der Waals surface area contributed by atoms with E-state index in [4.69, 9.17) is 16.2 Å². The number of rotatable bonds is 4. The number of guanidine groups is 1. The first-order valence-corrected chi connectivity index (χ1v) is 5.39. The molecule has 0 bridgehead atoms. The van der Waals surface area contributed by atoms with Crippen molar-refractivity contribution < 1.29 is 9.53 Å². The normalized spacial score (nSPS) is 22.9. The number of carbonyl (C=O) groups is 1. The number of hydrogen-bond acceptors (Lipinski definition) is 2. The fourth-order valence-electron chi connectivity index (χ4n) is 1.54. The van der Waals surface area contributed by atoms with Crippen LogP contribution in [0.2, 0.25) is 0 Å². The molecule has 0 aliphatic heterocycles. The van der Waals surface area contributed by atoms with Crippen molar-refractivity contribution in [3.05, 3.63) is 36.5 Å². The Bertz CT molecular complexity index is 393. The van der Waals surface area contributed by atoms with Crippen LogP contribution in [0.1, 0.15) is 13.3 Å². The molecule has 0 saturated heterocycles. The molecule has 5 heteroatoms. The van der Waals surface area contributed by atoms with Crippen LogP contribution < -0.4 is 11.5 Å². The summed E-state index contributed by atoms with van der Waals surface area (Å²) in [6.07, 6.45) is 11.4. The van der Waals surface area contributed by atoms with Gasteiger partial charge in [-0.05, 0) is 19.1 Å². The van der Waals surface area contributed by atoms with Crippen LogP contribution in [-0.2, 0) is 9.53 Å². The third kappa shape index (κ3) is 4.24. The number of aliphatic imine (C=N–C) groups is 1. The van der Waals surface area contributed by atoms with Gasteiger partial charge in [0, 0.05) is 19.1 Å². The molecule has 0 aromatic carbocycles. The molecule has 1 rings (SSSR count). The van der Waals surface area contributed by atoms with E-state index in [1.54, 1.807) is 6.08 Å². The van der Waals surface area contributed by atoms with E-state index in [1.165, 1.54) is 6.08 Å². The average Bonchev–Trinajstić information content (AvgIpc) is 2.27. The highest BCUT2D eigenvalue weighted by molar-refractivity contribution is 5.97. The maximum absolute atomic E-state index is 11.3. The van der Waals surface area contributed by atoms with Gasteiger partial charge in [0.2, 0.25) is 0 Å². The van der Waals surface area contributed by atoms with Crippen molar-refractivity contribution in [2.75, 3.05) is 6.61 Å².